The summed E-state index contributed by atoms with van der Waals surface area (Å²) in [5.41, 5.74) is 12.3. The molecule has 1 heteroatoms. The van der Waals surface area contributed by atoms with Crippen molar-refractivity contribution in [3.8, 4) is 11.1 Å². The van der Waals surface area contributed by atoms with Gasteiger partial charge in [0.05, 0.1) is 0 Å². The molecule has 2 rings (SSSR count). The molecule has 0 heterocycles. The average Bonchev–Trinajstić information content (AvgIpc) is 2.38. The molecule has 0 aliphatic carbocycles. The first-order valence-electron chi connectivity index (χ1n) is 7.00. The zero-order valence-corrected chi connectivity index (χ0v) is 12.3. The van der Waals surface area contributed by atoms with Crippen molar-refractivity contribution in [2.24, 2.45) is 0 Å². The van der Waals surface area contributed by atoms with E-state index in [1.165, 1.54) is 16.7 Å². The van der Waals surface area contributed by atoms with Crippen LogP contribution in [0.3, 0.4) is 0 Å². The molecule has 19 heavy (non-hydrogen) atoms. The normalized spacial score (nSPS) is 11.3. The van der Waals surface area contributed by atoms with Crippen LogP contribution in [0.2, 0.25) is 0 Å². The predicted octanol–water partition coefficient (Wildman–Crippen LogP) is 5.18. The molecule has 0 aliphatic rings. The van der Waals surface area contributed by atoms with Crippen LogP contribution in [-0.4, -0.2) is 0 Å². The molecule has 2 aromatic rings. The quantitative estimate of drug-likeness (QED) is 0.749. The lowest BCUT2D eigenvalue weighted by Gasteiger charge is -2.21. The number of rotatable bonds is 3. The van der Waals surface area contributed by atoms with E-state index >= 15 is 0 Å². The van der Waals surface area contributed by atoms with Crippen molar-refractivity contribution < 1.29 is 0 Å². The van der Waals surface area contributed by atoms with Gasteiger partial charge in [-0.15, -0.1) is 0 Å². The van der Waals surface area contributed by atoms with E-state index in [1.54, 1.807) is 0 Å². The number of benzene rings is 2. The third-order valence-corrected chi connectivity index (χ3v) is 3.59. The fraction of sp³-hybridized carbons (Fsp3) is 0.333. The molecule has 0 unspecified atom stereocenters. The zero-order valence-electron chi connectivity index (χ0n) is 12.3. The minimum atomic E-state index is 0.494. The Morgan fingerprint density at radius 2 is 1.37 bits per heavy atom. The van der Waals surface area contributed by atoms with Crippen molar-refractivity contribution in [3.05, 3.63) is 53.6 Å². The number of para-hydroxylation sites is 1. The number of anilines is 1. The Labute approximate surface area is 116 Å². The molecular formula is C18H23N. The first kappa shape index (κ1) is 13.7. The average molecular weight is 253 g/mol. The molecule has 2 aromatic carbocycles. The molecule has 0 fully saturated rings. The van der Waals surface area contributed by atoms with Crippen molar-refractivity contribution in [2.45, 2.75) is 39.5 Å². The van der Waals surface area contributed by atoms with Gasteiger partial charge in [-0.2, -0.15) is 0 Å². The van der Waals surface area contributed by atoms with Crippen molar-refractivity contribution >= 4 is 5.69 Å². The second kappa shape index (κ2) is 5.48. The first-order valence-corrected chi connectivity index (χ1v) is 7.00. The summed E-state index contributed by atoms with van der Waals surface area (Å²) in [7, 11) is 0. The molecular weight excluding hydrogens is 230 g/mol. The van der Waals surface area contributed by atoms with E-state index in [-0.39, 0.29) is 0 Å². The Kier molecular flexibility index (Phi) is 3.94. The lowest BCUT2D eigenvalue weighted by atomic mass is 9.84. The molecule has 0 saturated carbocycles. The third kappa shape index (κ3) is 2.65. The lowest BCUT2D eigenvalue weighted by Crippen LogP contribution is -2.02. The zero-order chi connectivity index (χ0) is 14.0. The van der Waals surface area contributed by atoms with E-state index in [1.807, 2.05) is 12.1 Å². The van der Waals surface area contributed by atoms with Crippen LogP contribution >= 0.6 is 0 Å². The van der Waals surface area contributed by atoms with Gasteiger partial charge in [-0.25, -0.2) is 0 Å². The summed E-state index contributed by atoms with van der Waals surface area (Å²) in [4.78, 5) is 0. The Balaban J connectivity index is 2.71. The molecule has 1 nitrogen and oxygen atoms in total. The molecule has 0 amide bonds. The summed E-state index contributed by atoms with van der Waals surface area (Å²) in [5.74, 6) is 1.02. The highest BCUT2D eigenvalue weighted by Gasteiger charge is 2.16. The van der Waals surface area contributed by atoms with Crippen LogP contribution in [0.25, 0.3) is 11.1 Å². The SMILES string of the molecule is CC(C)c1cccc(-c2ccccc2N)c1C(C)C. The maximum Gasteiger partial charge on any atom is 0.0393 e. The van der Waals surface area contributed by atoms with Gasteiger partial charge >= 0.3 is 0 Å². The van der Waals surface area contributed by atoms with E-state index in [9.17, 15) is 0 Å². The van der Waals surface area contributed by atoms with Crippen molar-refractivity contribution in [2.75, 3.05) is 5.73 Å². The topological polar surface area (TPSA) is 26.0 Å². The Hall–Kier alpha value is -1.76. The van der Waals surface area contributed by atoms with E-state index in [4.69, 9.17) is 5.73 Å². The largest absolute Gasteiger partial charge is 0.398 e. The molecule has 0 bridgehead atoms. The smallest absolute Gasteiger partial charge is 0.0393 e. The van der Waals surface area contributed by atoms with Gasteiger partial charge in [0.2, 0.25) is 0 Å². The van der Waals surface area contributed by atoms with E-state index in [0.717, 1.165) is 11.3 Å². The molecule has 100 valence electrons. The van der Waals surface area contributed by atoms with E-state index in [2.05, 4.69) is 58.0 Å². The molecule has 0 aliphatic heterocycles. The Bertz CT molecular complexity index is 568. The van der Waals surface area contributed by atoms with Gasteiger partial charge in [-0.1, -0.05) is 64.1 Å². The van der Waals surface area contributed by atoms with Crippen molar-refractivity contribution in [1.29, 1.82) is 0 Å². The second-order valence-electron chi connectivity index (χ2n) is 5.71. The highest BCUT2D eigenvalue weighted by molar-refractivity contribution is 5.79. The monoisotopic (exact) mass is 253 g/mol. The van der Waals surface area contributed by atoms with Gasteiger partial charge in [-0.3, -0.25) is 0 Å². The number of nitrogen functional groups attached to an aromatic ring is 1. The van der Waals surface area contributed by atoms with Gasteiger partial charge < -0.3 is 5.73 Å². The molecule has 0 saturated heterocycles. The highest BCUT2D eigenvalue weighted by atomic mass is 14.6. The van der Waals surface area contributed by atoms with Gasteiger partial charge in [0.25, 0.3) is 0 Å². The van der Waals surface area contributed by atoms with Crippen molar-refractivity contribution in [3.63, 3.8) is 0 Å². The minimum absolute atomic E-state index is 0.494. The van der Waals surface area contributed by atoms with Gasteiger partial charge in [0.15, 0.2) is 0 Å². The molecule has 0 aromatic heterocycles. The molecule has 0 radical (unpaired) electrons. The number of hydrogen-bond donors (Lipinski definition) is 1. The van der Waals surface area contributed by atoms with Gasteiger partial charge in [0, 0.05) is 11.3 Å². The lowest BCUT2D eigenvalue weighted by molar-refractivity contribution is 0.792. The summed E-state index contributed by atoms with van der Waals surface area (Å²) < 4.78 is 0. The van der Waals surface area contributed by atoms with Crippen LogP contribution in [0.1, 0.15) is 50.7 Å². The number of nitrogens with two attached hydrogens (primary N) is 1. The van der Waals surface area contributed by atoms with Crippen LogP contribution in [0, 0.1) is 0 Å². The minimum Gasteiger partial charge on any atom is -0.398 e. The fourth-order valence-corrected chi connectivity index (χ4v) is 2.71. The second-order valence-corrected chi connectivity index (χ2v) is 5.71. The Morgan fingerprint density at radius 3 is 1.95 bits per heavy atom. The van der Waals surface area contributed by atoms with Crippen LogP contribution in [0.15, 0.2) is 42.5 Å². The summed E-state index contributed by atoms with van der Waals surface area (Å²) in [6.07, 6.45) is 0. The predicted molar refractivity (Wildman–Crippen MR) is 84.5 cm³/mol. The standard InChI is InChI=1S/C18H23N/c1-12(2)14-9-7-10-16(18(14)13(3)4)15-8-5-6-11-17(15)19/h5-13H,19H2,1-4H3. The van der Waals surface area contributed by atoms with Gasteiger partial charge in [-0.05, 0) is 34.6 Å². The third-order valence-electron chi connectivity index (χ3n) is 3.59. The maximum absolute atomic E-state index is 6.15. The first-order chi connectivity index (χ1) is 9.02. The van der Waals surface area contributed by atoms with Crippen LogP contribution < -0.4 is 5.73 Å². The van der Waals surface area contributed by atoms with E-state index < -0.39 is 0 Å². The maximum atomic E-state index is 6.15. The molecule has 2 N–H and O–H groups in total. The summed E-state index contributed by atoms with van der Waals surface area (Å²) in [6.45, 7) is 9.01. The van der Waals surface area contributed by atoms with Crippen molar-refractivity contribution in [1.82, 2.24) is 0 Å². The summed E-state index contributed by atoms with van der Waals surface area (Å²) in [5, 5.41) is 0. The Morgan fingerprint density at radius 1 is 0.737 bits per heavy atom. The molecule has 0 spiro atoms. The van der Waals surface area contributed by atoms with Gasteiger partial charge in [0.1, 0.15) is 0 Å². The van der Waals surface area contributed by atoms with Crippen LogP contribution in [0.4, 0.5) is 5.69 Å². The summed E-state index contributed by atoms with van der Waals surface area (Å²) in [6, 6.07) is 14.7. The summed E-state index contributed by atoms with van der Waals surface area (Å²) >= 11 is 0. The van der Waals surface area contributed by atoms with Crippen LogP contribution in [0.5, 0.6) is 0 Å². The van der Waals surface area contributed by atoms with Crippen LogP contribution in [-0.2, 0) is 0 Å². The fourth-order valence-electron chi connectivity index (χ4n) is 2.71. The van der Waals surface area contributed by atoms with E-state index in [0.29, 0.717) is 11.8 Å². The molecule has 0 atom stereocenters. The highest BCUT2D eigenvalue weighted by Crippen LogP contribution is 2.37. The number of hydrogen-bond acceptors (Lipinski definition) is 1.